The van der Waals surface area contributed by atoms with Gasteiger partial charge in [0.25, 0.3) is 5.91 Å². The molecule has 0 bridgehead atoms. The monoisotopic (exact) mass is 227 g/mol. The highest BCUT2D eigenvalue weighted by Crippen LogP contribution is 2.16. The Morgan fingerprint density at radius 2 is 2.06 bits per heavy atom. The van der Waals surface area contributed by atoms with E-state index in [2.05, 4.69) is 0 Å². The average molecular weight is 227 g/mol. The van der Waals surface area contributed by atoms with Gasteiger partial charge in [0.05, 0.1) is 12.7 Å². The van der Waals surface area contributed by atoms with Crippen molar-refractivity contribution in [3.05, 3.63) is 0 Å². The van der Waals surface area contributed by atoms with Gasteiger partial charge < -0.3 is 9.47 Å². The van der Waals surface area contributed by atoms with Gasteiger partial charge in [0.2, 0.25) is 11.8 Å². The van der Waals surface area contributed by atoms with E-state index in [0.717, 1.165) is 0 Å². The summed E-state index contributed by atoms with van der Waals surface area (Å²) in [6.45, 7) is 2.05. The fourth-order valence-electron chi connectivity index (χ4n) is 1.65. The lowest BCUT2D eigenvalue weighted by molar-refractivity contribution is -0.185. The lowest BCUT2D eigenvalue weighted by atomic mass is 10.2. The van der Waals surface area contributed by atoms with Crippen LogP contribution in [0, 0.1) is 0 Å². The number of hydrogen-bond acceptors (Lipinski definition) is 5. The molecular formula is C10H13NO5. The number of amides is 3. The summed E-state index contributed by atoms with van der Waals surface area (Å²) in [5, 5.41) is 0. The summed E-state index contributed by atoms with van der Waals surface area (Å²) in [6.07, 6.45) is 0.0932. The Kier molecular flexibility index (Phi) is 3.02. The average Bonchev–Trinajstić information content (AvgIpc) is 2.56. The molecule has 2 fully saturated rings. The molecule has 0 aromatic rings. The van der Waals surface area contributed by atoms with Crippen LogP contribution in [0.15, 0.2) is 0 Å². The van der Waals surface area contributed by atoms with Crippen LogP contribution in [0.2, 0.25) is 0 Å². The minimum atomic E-state index is -0.577. The Balaban J connectivity index is 1.83. The fourth-order valence-corrected chi connectivity index (χ4v) is 1.65. The Bertz CT molecular complexity index is 324. The maximum Gasteiger partial charge on any atom is 0.262 e. The Morgan fingerprint density at radius 3 is 2.50 bits per heavy atom. The third-order valence-electron chi connectivity index (χ3n) is 2.77. The van der Waals surface area contributed by atoms with Crippen molar-refractivity contribution in [2.45, 2.75) is 32.0 Å². The Hall–Kier alpha value is -1.27. The molecule has 0 aliphatic carbocycles. The molecular weight excluding hydrogens is 214 g/mol. The highest BCUT2D eigenvalue weighted by atomic mass is 16.6. The molecule has 0 aromatic heterocycles. The fraction of sp³-hybridized carbons (Fsp3) is 0.700. The number of ether oxygens (including phenoxy) is 2. The van der Waals surface area contributed by atoms with Gasteiger partial charge in [0, 0.05) is 12.8 Å². The van der Waals surface area contributed by atoms with Crippen LogP contribution in [0.3, 0.4) is 0 Å². The third kappa shape index (κ3) is 1.98. The van der Waals surface area contributed by atoms with Crippen molar-refractivity contribution in [1.29, 1.82) is 0 Å². The predicted molar refractivity (Wildman–Crippen MR) is 51.2 cm³/mol. The summed E-state index contributed by atoms with van der Waals surface area (Å²) in [6, 6.07) is 0. The van der Waals surface area contributed by atoms with Crippen LogP contribution >= 0.6 is 0 Å². The normalized spacial score (nSPS) is 29.4. The molecule has 6 nitrogen and oxygen atoms in total. The van der Waals surface area contributed by atoms with Crippen molar-refractivity contribution < 1.29 is 23.9 Å². The highest BCUT2D eigenvalue weighted by molar-refractivity contribution is 6.15. The van der Waals surface area contributed by atoms with Gasteiger partial charge in [-0.05, 0) is 6.92 Å². The van der Waals surface area contributed by atoms with Crippen molar-refractivity contribution in [3.63, 3.8) is 0 Å². The second kappa shape index (κ2) is 4.31. The van der Waals surface area contributed by atoms with E-state index in [1.165, 1.54) is 0 Å². The summed E-state index contributed by atoms with van der Waals surface area (Å²) < 4.78 is 10.3. The zero-order valence-corrected chi connectivity index (χ0v) is 8.97. The first kappa shape index (κ1) is 11.2. The molecule has 16 heavy (non-hydrogen) atoms. The second-order valence-corrected chi connectivity index (χ2v) is 3.90. The minimum Gasteiger partial charge on any atom is -0.373 e. The van der Waals surface area contributed by atoms with Crippen LogP contribution in [0.5, 0.6) is 0 Å². The molecule has 0 saturated carbocycles. The maximum atomic E-state index is 11.5. The number of likely N-dealkylation sites (tertiary alicyclic amines) is 1. The van der Waals surface area contributed by atoms with Gasteiger partial charge in [-0.15, -0.1) is 0 Å². The summed E-state index contributed by atoms with van der Waals surface area (Å²) in [4.78, 5) is 34.7. The Labute approximate surface area is 92.5 Å². The molecule has 0 radical (unpaired) electrons. The quantitative estimate of drug-likeness (QED) is 0.606. The predicted octanol–water partition coefficient (Wildman–Crippen LogP) is -0.534. The van der Waals surface area contributed by atoms with Crippen molar-refractivity contribution in [2.75, 3.05) is 13.2 Å². The van der Waals surface area contributed by atoms with E-state index >= 15 is 0 Å². The van der Waals surface area contributed by atoms with Crippen LogP contribution in [0.25, 0.3) is 0 Å². The third-order valence-corrected chi connectivity index (χ3v) is 2.77. The van der Waals surface area contributed by atoms with Gasteiger partial charge in [-0.25, -0.2) is 4.90 Å². The molecule has 2 unspecified atom stereocenters. The standard InChI is InChI=1S/C10H13NO5/c1-6-7(4-15-6)16-5-10(14)11-8(12)2-3-9(11)13/h6-7H,2-5H2,1H3. The van der Waals surface area contributed by atoms with Gasteiger partial charge in [-0.2, -0.15) is 0 Å². The molecule has 0 aromatic carbocycles. The molecule has 0 N–H and O–H groups in total. The van der Waals surface area contributed by atoms with Gasteiger partial charge >= 0.3 is 0 Å². The first-order chi connectivity index (χ1) is 7.59. The largest absolute Gasteiger partial charge is 0.373 e. The van der Waals surface area contributed by atoms with E-state index in [-0.39, 0.29) is 31.7 Å². The smallest absolute Gasteiger partial charge is 0.262 e. The first-order valence-electron chi connectivity index (χ1n) is 5.21. The summed E-state index contributed by atoms with van der Waals surface area (Å²) >= 11 is 0. The number of carbonyl (C=O) groups excluding carboxylic acids is 3. The number of nitrogens with zero attached hydrogens (tertiary/aromatic N) is 1. The number of rotatable bonds is 3. The van der Waals surface area contributed by atoms with E-state index in [1.807, 2.05) is 6.92 Å². The number of imide groups is 3. The summed E-state index contributed by atoms with van der Waals surface area (Å²) in [5.74, 6) is -1.44. The highest BCUT2D eigenvalue weighted by Gasteiger charge is 2.36. The minimum absolute atomic E-state index is 0.0298. The van der Waals surface area contributed by atoms with Crippen molar-refractivity contribution in [2.24, 2.45) is 0 Å². The van der Waals surface area contributed by atoms with Crippen molar-refractivity contribution in [3.8, 4) is 0 Å². The van der Waals surface area contributed by atoms with Gasteiger partial charge in [0.15, 0.2) is 0 Å². The van der Waals surface area contributed by atoms with E-state index in [0.29, 0.717) is 11.5 Å². The topological polar surface area (TPSA) is 72.9 Å². The van der Waals surface area contributed by atoms with Gasteiger partial charge in [0.1, 0.15) is 12.7 Å². The van der Waals surface area contributed by atoms with E-state index in [9.17, 15) is 14.4 Å². The molecule has 2 aliphatic heterocycles. The van der Waals surface area contributed by atoms with Crippen LogP contribution in [0.4, 0.5) is 0 Å². The van der Waals surface area contributed by atoms with Crippen molar-refractivity contribution >= 4 is 17.7 Å². The molecule has 0 spiro atoms. The molecule has 6 heteroatoms. The lowest BCUT2D eigenvalue weighted by Gasteiger charge is -2.33. The number of carbonyl (C=O) groups is 3. The maximum absolute atomic E-state index is 11.5. The first-order valence-corrected chi connectivity index (χ1v) is 5.21. The molecule has 2 saturated heterocycles. The molecule has 2 atom stereocenters. The van der Waals surface area contributed by atoms with Crippen LogP contribution in [0.1, 0.15) is 19.8 Å². The van der Waals surface area contributed by atoms with Crippen LogP contribution in [-0.4, -0.2) is 48.0 Å². The molecule has 2 rings (SSSR count). The summed E-state index contributed by atoms with van der Waals surface area (Å²) in [5.41, 5.74) is 0. The summed E-state index contributed by atoms with van der Waals surface area (Å²) in [7, 11) is 0. The lowest BCUT2D eigenvalue weighted by Crippen LogP contribution is -2.47. The SMILES string of the molecule is CC1OCC1OCC(=O)N1C(=O)CCC1=O. The van der Waals surface area contributed by atoms with E-state index < -0.39 is 17.7 Å². The van der Waals surface area contributed by atoms with Gasteiger partial charge in [-0.3, -0.25) is 14.4 Å². The van der Waals surface area contributed by atoms with Crippen molar-refractivity contribution in [1.82, 2.24) is 4.90 Å². The zero-order valence-electron chi connectivity index (χ0n) is 8.97. The molecule has 2 aliphatic rings. The zero-order chi connectivity index (χ0) is 11.7. The second-order valence-electron chi connectivity index (χ2n) is 3.90. The number of hydrogen-bond donors (Lipinski definition) is 0. The van der Waals surface area contributed by atoms with E-state index in [4.69, 9.17) is 9.47 Å². The molecule has 3 amide bonds. The van der Waals surface area contributed by atoms with Gasteiger partial charge in [-0.1, -0.05) is 0 Å². The molecule has 88 valence electrons. The van der Waals surface area contributed by atoms with Crippen LogP contribution < -0.4 is 0 Å². The van der Waals surface area contributed by atoms with Crippen LogP contribution in [-0.2, 0) is 23.9 Å². The molecule has 2 heterocycles. The Morgan fingerprint density at radius 1 is 1.44 bits per heavy atom. The van der Waals surface area contributed by atoms with E-state index in [1.54, 1.807) is 0 Å².